The Bertz CT molecular complexity index is 232. The van der Waals surface area contributed by atoms with E-state index in [1.807, 2.05) is 0 Å². The Morgan fingerprint density at radius 2 is 2.20 bits per heavy atom. The minimum absolute atomic E-state index is 0.292. The highest BCUT2D eigenvalue weighted by Crippen LogP contribution is 1.90. The Balaban J connectivity index is 3.38. The standard InChI is InChI=1S/C4H9N/c1-2-4-5-3-1/h5H,1-4H2/i1D2,2D2,3D2,4D2/hD. The molecule has 0 atom stereocenters. The first-order valence-electron chi connectivity index (χ1n) is 5.64. The van der Waals surface area contributed by atoms with Crippen LogP contribution in [0.1, 0.15) is 23.7 Å². The summed E-state index contributed by atoms with van der Waals surface area (Å²) in [6.07, 6.45) is -6.16. The van der Waals surface area contributed by atoms with Crippen LogP contribution < -0.4 is 5.31 Å². The van der Waals surface area contributed by atoms with Gasteiger partial charge in [0.15, 0.2) is 0 Å². The first-order chi connectivity index (χ1) is 5.90. The number of nitrogens with one attached hydrogen (secondary N) is 1. The summed E-state index contributed by atoms with van der Waals surface area (Å²) in [6, 6.07) is 0. The summed E-state index contributed by atoms with van der Waals surface area (Å²) in [6.45, 7) is -6.00. The van der Waals surface area contributed by atoms with Crippen molar-refractivity contribution in [3.8, 4) is 0 Å². The van der Waals surface area contributed by atoms with Gasteiger partial charge >= 0.3 is 0 Å². The summed E-state index contributed by atoms with van der Waals surface area (Å²) in [4.78, 5) is 0. The molecule has 1 nitrogen and oxygen atoms in total. The number of hydrogen-bond donors (Lipinski definition) is 1. The van der Waals surface area contributed by atoms with Gasteiger partial charge in [0.2, 0.25) is 0 Å². The molecule has 0 aromatic rings. The lowest BCUT2D eigenvalue weighted by molar-refractivity contribution is 0.857. The molecular weight excluding hydrogens is 62.1 g/mol. The van der Waals surface area contributed by atoms with Crippen LogP contribution >= 0.6 is 0 Å². The number of hydrogen-bond acceptors (Lipinski definition) is 1. The lowest BCUT2D eigenvalue weighted by Gasteiger charge is -1.76. The van der Waals surface area contributed by atoms with Gasteiger partial charge in [-0.3, -0.25) is 0 Å². The van der Waals surface area contributed by atoms with Gasteiger partial charge in [-0.25, -0.2) is 0 Å². The van der Waals surface area contributed by atoms with Crippen molar-refractivity contribution < 1.29 is 12.4 Å². The summed E-state index contributed by atoms with van der Waals surface area (Å²) in [5.41, 5.74) is 0. The van der Waals surface area contributed by atoms with Gasteiger partial charge in [-0.2, -0.15) is 0 Å². The van der Waals surface area contributed by atoms with Crippen LogP contribution in [0.4, 0.5) is 0 Å². The SMILES string of the molecule is [2H]N1C([2H])([2H])C([2H])([2H])C([2H])([2H])C1([2H])[2H]. The fourth-order valence-electron chi connectivity index (χ4n) is 0.140. The van der Waals surface area contributed by atoms with E-state index < -0.39 is 25.7 Å². The molecule has 0 spiro atoms. The largest absolute Gasteiger partial charge is 0.317 e. The van der Waals surface area contributed by atoms with E-state index in [2.05, 4.69) is 0 Å². The molecule has 1 aliphatic rings. The molecule has 1 heteroatoms. The third kappa shape index (κ3) is 0.618. The molecule has 0 amide bonds. The normalized spacial score (nSPS) is 94.8. The topological polar surface area (TPSA) is 12.0 Å². The van der Waals surface area contributed by atoms with Crippen molar-refractivity contribution in [1.29, 1.82) is 0 Å². The van der Waals surface area contributed by atoms with Crippen LogP contribution in [0.3, 0.4) is 0 Å². The molecule has 1 N–H and O–H groups in total. The smallest absolute Gasteiger partial charge is 0.122 e. The van der Waals surface area contributed by atoms with Crippen molar-refractivity contribution in [1.82, 2.24) is 5.31 Å². The summed E-state index contributed by atoms with van der Waals surface area (Å²) < 4.78 is 64.4. The Morgan fingerprint density at radius 1 is 1.60 bits per heavy atom. The third-order valence-corrected chi connectivity index (χ3v) is 0.286. The van der Waals surface area contributed by atoms with E-state index >= 15 is 0 Å². The van der Waals surface area contributed by atoms with E-state index in [0.717, 1.165) is 0 Å². The first-order valence-corrected chi connectivity index (χ1v) is 1.20. The van der Waals surface area contributed by atoms with Gasteiger partial charge in [0, 0.05) is 11.0 Å². The predicted octanol–water partition coefficient (Wildman–Crippen LogP) is 0.370. The molecule has 0 aromatic carbocycles. The molecule has 1 saturated heterocycles. The van der Waals surface area contributed by atoms with Crippen LogP contribution in [0, 0.1) is 0 Å². The highest BCUT2D eigenvalue weighted by molar-refractivity contribution is 4.55. The van der Waals surface area contributed by atoms with Crippen LogP contribution in [0.2, 0.25) is 1.41 Å². The van der Waals surface area contributed by atoms with Gasteiger partial charge in [-0.1, -0.05) is 0 Å². The van der Waals surface area contributed by atoms with Crippen molar-refractivity contribution in [2.24, 2.45) is 0 Å². The van der Waals surface area contributed by atoms with E-state index in [9.17, 15) is 0 Å². The van der Waals surface area contributed by atoms with Gasteiger partial charge in [0.05, 0.1) is 0 Å². The minimum atomic E-state index is -3.08. The quantitative estimate of drug-likeness (QED) is 0.443. The lowest BCUT2D eigenvalue weighted by atomic mass is 10.4. The Hall–Kier alpha value is -0.0400. The maximum absolute atomic E-state index is 7.19. The van der Waals surface area contributed by atoms with Crippen molar-refractivity contribution in [2.75, 3.05) is 13.0 Å². The summed E-state index contributed by atoms with van der Waals surface area (Å²) in [5, 5.41) is -0.292. The fourth-order valence-corrected chi connectivity index (χ4v) is 0.140. The predicted molar refractivity (Wildman–Crippen MR) is 22.1 cm³/mol. The molecule has 0 unspecified atom stereocenters. The van der Waals surface area contributed by atoms with Gasteiger partial charge in [-0.05, 0) is 25.7 Å². The molecule has 0 aliphatic carbocycles. The second-order valence-corrected chi connectivity index (χ2v) is 0.585. The van der Waals surface area contributed by atoms with Crippen LogP contribution in [-0.2, 0) is 0 Å². The van der Waals surface area contributed by atoms with Crippen molar-refractivity contribution in [3.05, 3.63) is 0 Å². The number of rotatable bonds is 0. The molecule has 0 bridgehead atoms. The molecular formula is C4H9N. The Morgan fingerprint density at radius 3 is 2.40 bits per heavy atom. The third-order valence-electron chi connectivity index (χ3n) is 0.286. The average molecular weight is 80.2 g/mol. The van der Waals surface area contributed by atoms with Gasteiger partial charge in [0.1, 0.15) is 1.41 Å². The van der Waals surface area contributed by atoms with E-state index in [-0.39, 0.29) is 5.31 Å². The Kier molecular flexibility index (Phi) is 0.113. The van der Waals surface area contributed by atoms with E-state index in [0.29, 0.717) is 0 Å². The Labute approximate surface area is 45.1 Å². The molecule has 1 fully saturated rings. The lowest BCUT2D eigenvalue weighted by Crippen LogP contribution is -2.03. The summed E-state index contributed by atoms with van der Waals surface area (Å²) in [5.74, 6) is 0. The van der Waals surface area contributed by atoms with Crippen molar-refractivity contribution >= 4 is 0 Å². The van der Waals surface area contributed by atoms with Gasteiger partial charge < -0.3 is 5.31 Å². The zero-order chi connectivity index (χ0) is 11.6. The zero-order valence-corrected chi connectivity index (χ0v) is 2.45. The monoisotopic (exact) mass is 80.1 g/mol. The van der Waals surface area contributed by atoms with Gasteiger partial charge in [0.25, 0.3) is 0 Å². The first kappa shape index (κ1) is 0.399. The molecule has 1 heterocycles. The van der Waals surface area contributed by atoms with Crippen LogP contribution in [0.15, 0.2) is 0 Å². The molecule has 0 saturated carbocycles. The molecule has 0 radical (unpaired) electrons. The summed E-state index contributed by atoms with van der Waals surface area (Å²) in [7, 11) is 0. The minimum Gasteiger partial charge on any atom is -0.317 e. The van der Waals surface area contributed by atoms with Crippen molar-refractivity contribution in [3.63, 3.8) is 0 Å². The second kappa shape index (κ2) is 1.41. The fraction of sp³-hybridized carbons (Fsp3) is 1.00. The van der Waals surface area contributed by atoms with Crippen LogP contribution in [0.5, 0.6) is 0 Å². The maximum atomic E-state index is 7.19. The average Bonchev–Trinajstić information content (AvgIpc) is 2.05. The van der Waals surface area contributed by atoms with Crippen LogP contribution in [0.25, 0.3) is 0 Å². The second-order valence-electron chi connectivity index (χ2n) is 0.585. The highest BCUT2D eigenvalue weighted by Gasteiger charge is 1.93. The van der Waals surface area contributed by atoms with E-state index in [1.165, 1.54) is 0 Å². The van der Waals surface area contributed by atoms with Crippen LogP contribution in [-0.4, -0.2) is 13.0 Å². The highest BCUT2D eigenvalue weighted by atomic mass is 14.9. The van der Waals surface area contributed by atoms with Crippen molar-refractivity contribution in [2.45, 2.75) is 12.7 Å². The molecule has 1 rings (SSSR count). The molecule has 0 aromatic heterocycles. The van der Waals surface area contributed by atoms with E-state index in [1.54, 1.807) is 0 Å². The maximum Gasteiger partial charge on any atom is 0.122 e. The molecule has 1 aliphatic heterocycles. The molecule has 5 heavy (non-hydrogen) atoms. The molecule has 30 valence electrons. The van der Waals surface area contributed by atoms with Gasteiger partial charge in [-0.15, -0.1) is 0 Å². The zero-order valence-electron chi connectivity index (χ0n) is 11.4. The summed E-state index contributed by atoms with van der Waals surface area (Å²) >= 11 is 0. The van der Waals surface area contributed by atoms with E-state index in [4.69, 9.17) is 12.4 Å².